The number of amides is 3. The lowest BCUT2D eigenvalue weighted by atomic mass is 10.0. The van der Waals surface area contributed by atoms with Crippen LogP contribution < -0.4 is 27.4 Å². The molecule has 14 heteroatoms. The minimum atomic E-state index is -1.26. The number of unbranched alkanes of at least 4 members (excludes halogenated alkanes) is 1. The number of hydrogen-bond acceptors (Lipinski definition) is 8. The van der Waals surface area contributed by atoms with E-state index in [1.807, 2.05) is 24.3 Å². The molecule has 0 aliphatic carbocycles. The second-order valence-electron chi connectivity index (χ2n) is 9.44. The number of carbonyl (C=O) groups is 4. The van der Waals surface area contributed by atoms with E-state index in [1.54, 1.807) is 6.20 Å². The number of hydrogen-bond donors (Lipinski definition) is 9. The molecule has 3 amide bonds. The van der Waals surface area contributed by atoms with Gasteiger partial charge in [-0.1, -0.05) is 18.2 Å². The molecule has 216 valence electrons. The van der Waals surface area contributed by atoms with E-state index in [2.05, 4.69) is 30.9 Å². The highest BCUT2D eigenvalue weighted by Gasteiger charge is 2.31. The molecular formula is C26H36N8O6. The van der Waals surface area contributed by atoms with E-state index in [0.717, 1.165) is 16.5 Å². The first-order chi connectivity index (χ1) is 19.2. The van der Waals surface area contributed by atoms with Crippen molar-refractivity contribution in [2.45, 2.75) is 56.3 Å². The third-order valence-electron chi connectivity index (χ3n) is 6.44. The summed E-state index contributed by atoms with van der Waals surface area (Å²) in [5.41, 5.74) is 13.2. The highest BCUT2D eigenvalue weighted by atomic mass is 16.4. The number of aliphatic carboxylic acids is 1. The fourth-order valence-electron chi connectivity index (χ4n) is 4.21. The van der Waals surface area contributed by atoms with Crippen LogP contribution in [0.2, 0.25) is 0 Å². The van der Waals surface area contributed by atoms with Crippen molar-refractivity contribution >= 4 is 34.6 Å². The first-order valence-corrected chi connectivity index (χ1v) is 13.0. The number of nitrogens with one attached hydrogen (secondary N) is 5. The van der Waals surface area contributed by atoms with Crippen molar-refractivity contribution in [3.05, 3.63) is 54.2 Å². The van der Waals surface area contributed by atoms with Crippen molar-refractivity contribution in [2.75, 3.05) is 13.2 Å². The number of aliphatic hydroxyl groups is 1. The van der Waals surface area contributed by atoms with E-state index in [4.69, 9.17) is 11.5 Å². The molecular weight excluding hydrogens is 520 g/mol. The molecule has 0 fully saturated rings. The smallest absolute Gasteiger partial charge is 0.326 e. The van der Waals surface area contributed by atoms with Crippen LogP contribution in [-0.4, -0.2) is 86.2 Å². The summed E-state index contributed by atoms with van der Waals surface area (Å²) in [5.74, 6) is -3.37. The second kappa shape index (κ2) is 14.8. The summed E-state index contributed by atoms with van der Waals surface area (Å²) in [6.45, 7) is -0.235. The van der Waals surface area contributed by atoms with Crippen molar-refractivity contribution in [3.8, 4) is 0 Å². The Balaban J connectivity index is 1.83. The van der Waals surface area contributed by atoms with E-state index in [0.29, 0.717) is 25.1 Å². The standard InChI is InChI=1S/C26H36N8O6/c27-8-4-3-7-20(26(39)40)32-25(38)22(10-16-12-29-14-31-16)34-24(37)21(33-23(36)18(28)13-35)9-15-11-30-19-6-2-1-5-17(15)19/h1-2,5-6,11-12,14,18,20-22,30,35H,3-4,7-10,13,27-28H2,(H,29,31)(H,32,38)(H,33,36)(H,34,37)(H,39,40). The third kappa shape index (κ3) is 8.36. The minimum absolute atomic E-state index is 0.0172. The number of benzene rings is 1. The van der Waals surface area contributed by atoms with Gasteiger partial charge in [0.2, 0.25) is 17.7 Å². The summed E-state index contributed by atoms with van der Waals surface area (Å²) in [4.78, 5) is 61.0. The number of fused-ring (bicyclic) bond motifs is 1. The second-order valence-corrected chi connectivity index (χ2v) is 9.44. The topological polar surface area (TPSA) is 241 Å². The van der Waals surface area contributed by atoms with Gasteiger partial charge in [-0.3, -0.25) is 14.4 Å². The summed E-state index contributed by atoms with van der Waals surface area (Å²) >= 11 is 0. The average molecular weight is 557 g/mol. The highest BCUT2D eigenvalue weighted by Crippen LogP contribution is 2.19. The number of nitrogens with two attached hydrogens (primary N) is 2. The van der Waals surface area contributed by atoms with Crippen molar-refractivity contribution in [1.29, 1.82) is 0 Å². The van der Waals surface area contributed by atoms with Crippen LogP contribution in [0, 0.1) is 0 Å². The van der Waals surface area contributed by atoms with Crippen LogP contribution in [0.5, 0.6) is 0 Å². The Labute approximate surface area is 230 Å². The first kappa shape index (κ1) is 30.3. The van der Waals surface area contributed by atoms with Gasteiger partial charge in [-0.2, -0.15) is 0 Å². The molecule has 2 heterocycles. The Morgan fingerprint density at radius 3 is 2.25 bits per heavy atom. The number of para-hydroxylation sites is 1. The lowest BCUT2D eigenvalue weighted by Crippen LogP contribution is -2.58. The zero-order valence-corrected chi connectivity index (χ0v) is 21.9. The quantitative estimate of drug-likeness (QED) is 0.0947. The van der Waals surface area contributed by atoms with Crippen molar-refractivity contribution in [2.24, 2.45) is 11.5 Å². The fourth-order valence-corrected chi connectivity index (χ4v) is 4.21. The van der Waals surface area contributed by atoms with E-state index < -0.39 is 54.5 Å². The molecule has 2 aromatic heterocycles. The van der Waals surface area contributed by atoms with Gasteiger partial charge < -0.3 is 47.6 Å². The Bertz CT molecular complexity index is 1280. The van der Waals surface area contributed by atoms with Crippen LogP contribution in [0.3, 0.4) is 0 Å². The molecule has 0 saturated carbocycles. The molecule has 0 bridgehead atoms. The maximum absolute atomic E-state index is 13.6. The van der Waals surface area contributed by atoms with E-state index in [1.165, 1.54) is 12.5 Å². The lowest BCUT2D eigenvalue weighted by Gasteiger charge is -2.25. The van der Waals surface area contributed by atoms with Gasteiger partial charge in [0, 0.05) is 41.8 Å². The van der Waals surface area contributed by atoms with Gasteiger partial charge in [-0.05, 0) is 37.4 Å². The Hall–Kier alpha value is -4.27. The predicted octanol–water partition coefficient (Wildman–Crippen LogP) is -1.34. The van der Waals surface area contributed by atoms with E-state index in [9.17, 15) is 29.4 Å². The summed E-state index contributed by atoms with van der Waals surface area (Å²) in [5, 5.41) is 27.5. The number of aromatic nitrogens is 3. The number of aliphatic hydroxyl groups excluding tert-OH is 1. The van der Waals surface area contributed by atoms with Crippen LogP contribution >= 0.6 is 0 Å². The normalized spacial score (nSPS) is 14.2. The summed E-state index contributed by atoms with van der Waals surface area (Å²) in [6, 6.07) is 2.63. The molecule has 0 spiro atoms. The number of carboxylic acid groups (broad SMARTS) is 1. The number of aromatic amines is 2. The van der Waals surface area contributed by atoms with Gasteiger partial charge >= 0.3 is 5.97 Å². The minimum Gasteiger partial charge on any atom is -0.480 e. The molecule has 0 aliphatic heterocycles. The monoisotopic (exact) mass is 556 g/mol. The molecule has 14 nitrogen and oxygen atoms in total. The van der Waals surface area contributed by atoms with Crippen LogP contribution in [0.1, 0.15) is 30.5 Å². The molecule has 1 aromatic carbocycles. The number of carbonyl (C=O) groups excluding carboxylic acids is 3. The maximum Gasteiger partial charge on any atom is 0.326 e. The Morgan fingerprint density at radius 1 is 0.925 bits per heavy atom. The lowest BCUT2D eigenvalue weighted by molar-refractivity contribution is -0.142. The highest BCUT2D eigenvalue weighted by molar-refractivity contribution is 5.95. The molecule has 4 atom stereocenters. The average Bonchev–Trinajstić information content (AvgIpc) is 3.61. The van der Waals surface area contributed by atoms with Crippen molar-refractivity contribution in [1.82, 2.24) is 30.9 Å². The molecule has 0 radical (unpaired) electrons. The number of H-pyrrole nitrogens is 2. The fraction of sp³-hybridized carbons (Fsp3) is 0.423. The molecule has 11 N–H and O–H groups in total. The largest absolute Gasteiger partial charge is 0.480 e. The van der Waals surface area contributed by atoms with Crippen LogP contribution in [0.4, 0.5) is 0 Å². The summed E-state index contributed by atoms with van der Waals surface area (Å²) < 4.78 is 0. The molecule has 4 unspecified atom stereocenters. The number of carboxylic acids is 1. The maximum atomic E-state index is 13.6. The molecule has 0 aliphatic rings. The molecule has 3 aromatic rings. The van der Waals surface area contributed by atoms with Gasteiger partial charge in [-0.25, -0.2) is 9.78 Å². The van der Waals surface area contributed by atoms with Crippen LogP contribution in [0.25, 0.3) is 10.9 Å². The van der Waals surface area contributed by atoms with Gasteiger partial charge in [-0.15, -0.1) is 0 Å². The van der Waals surface area contributed by atoms with Gasteiger partial charge in [0.05, 0.1) is 12.9 Å². The Morgan fingerprint density at radius 2 is 1.60 bits per heavy atom. The molecule has 3 rings (SSSR count). The van der Waals surface area contributed by atoms with Gasteiger partial charge in [0.25, 0.3) is 0 Å². The van der Waals surface area contributed by atoms with Gasteiger partial charge in [0.15, 0.2) is 0 Å². The predicted molar refractivity (Wildman–Crippen MR) is 146 cm³/mol. The summed E-state index contributed by atoms with van der Waals surface area (Å²) in [7, 11) is 0. The summed E-state index contributed by atoms with van der Waals surface area (Å²) in [6.07, 6.45) is 5.90. The number of nitrogens with zero attached hydrogens (tertiary/aromatic N) is 1. The number of imidazole rings is 1. The Kier molecular flexibility index (Phi) is 11.2. The zero-order chi connectivity index (χ0) is 29.1. The van der Waals surface area contributed by atoms with E-state index >= 15 is 0 Å². The van der Waals surface area contributed by atoms with E-state index in [-0.39, 0.29) is 19.3 Å². The van der Waals surface area contributed by atoms with Gasteiger partial charge in [0.1, 0.15) is 24.2 Å². The van der Waals surface area contributed by atoms with Crippen LogP contribution in [0.15, 0.2) is 43.0 Å². The number of rotatable bonds is 16. The van der Waals surface area contributed by atoms with Crippen molar-refractivity contribution in [3.63, 3.8) is 0 Å². The first-order valence-electron chi connectivity index (χ1n) is 13.0. The van der Waals surface area contributed by atoms with Crippen LogP contribution in [-0.2, 0) is 32.0 Å². The molecule has 0 saturated heterocycles. The SMILES string of the molecule is NCCCCC(NC(=O)C(Cc1cnc[nH]1)NC(=O)C(Cc1c[nH]c2ccccc12)NC(=O)C(N)CO)C(=O)O. The zero-order valence-electron chi connectivity index (χ0n) is 21.9. The molecule has 40 heavy (non-hydrogen) atoms. The third-order valence-corrected chi connectivity index (χ3v) is 6.44. The van der Waals surface area contributed by atoms with Crippen molar-refractivity contribution < 1.29 is 29.4 Å².